The highest BCUT2D eigenvalue weighted by Gasteiger charge is 2.17. The van der Waals surface area contributed by atoms with E-state index in [0.29, 0.717) is 22.0 Å². The number of rotatable bonds is 3. The van der Waals surface area contributed by atoms with Gasteiger partial charge in [-0.3, -0.25) is 0 Å². The normalized spacial score (nSPS) is 12.7. The molecule has 0 fully saturated rings. The van der Waals surface area contributed by atoms with E-state index in [-0.39, 0.29) is 11.2 Å². The molecule has 0 amide bonds. The topological polar surface area (TPSA) is 0 Å². The van der Waals surface area contributed by atoms with Crippen LogP contribution in [-0.2, 0) is 6.42 Å². The zero-order valence-corrected chi connectivity index (χ0v) is 13.6. The lowest BCUT2D eigenvalue weighted by atomic mass is 10.1. The first-order valence-electron chi connectivity index (χ1n) is 5.00. The second-order valence-corrected chi connectivity index (χ2v) is 7.39. The number of thiophene rings is 1. The van der Waals surface area contributed by atoms with E-state index in [4.69, 9.17) is 34.8 Å². The average Bonchev–Trinajstić information content (AvgIpc) is 2.64. The minimum Gasteiger partial charge on any atom is -0.207 e. The molecule has 0 aliphatic heterocycles. The molecule has 1 aromatic carbocycles. The molecule has 0 aliphatic rings. The minimum atomic E-state index is -0.354. The quantitative estimate of drug-likeness (QED) is 0.528. The van der Waals surface area contributed by atoms with Crippen molar-refractivity contribution in [2.24, 2.45) is 0 Å². The Morgan fingerprint density at radius 1 is 1.28 bits per heavy atom. The van der Waals surface area contributed by atoms with E-state index in [1.807, 2.05) is 0 Å². The molecule has 6 heteroatoms. The molecule has 0 spiro atoms. The Morgan fingerprint density at radius 3 is 2.56 bits per heavy atom. The summed E-state index contributed by atoms with van der Waals surface area (Å²) in [4.78, 5) is 0.882. The monoisotopic (exact) mass is 386 g/mol. The van der Waals surface area contributed by atoms with E-state index < -0.39 is 0 Å². The number of halogens is 5. The summed E-state index contributed by atoms with van der Waals surface area (Å²) in [7, 11) is 0. The van der Waals surface area contributed by atoms with Gasteiger partial charge in [-0.05, 0) is 40.5 Å². The van der Waals surface area contributed by atoms with Crippen LogP contribution in [0.3, 0.4) is 0 Å². The van der Waals surface area contributed by atoms with E-state index in [0.717, 1.165) is 8.66 Å². The van der Waals surface area contributed by atoms with Crippen LogP contribution in [0.1, 0.15) is 15.8 Å². The Hall–Kier alpha value is 0.200. The van der Waals surface area contributed by atoms with Gasteiger partial charge in [0.25, 0.3) is 0 Å². The third-order valence-corrected chi connectivity index (χ3v) is 5.88. The molecule has 0 aliphatic carbocycles. The first-order valence-corrected chi connectivity index (χ1v) is 7.81. The van der Waals surface area contributed by atoms with Crippen molar-refractivity contribution in [2.45, 2.75) is 11.8 Å². The van der Waals surface area contributed by atoms with Crippen molar-refractivity contribution in [3.63, 3.8) is 0 Å². The van der Waals surface area contributed by atoms with E-state index in [9.17, 15) is 4.39 Å². The van der Waals surface area contributed by atoms with Crippen LogP contribution in [-0.4, -0.2) is 0 Å². The molecule has 1 heterocycles. The van der Waals surface area contributed by atoms with Gasteiger partial charge >= 0.3 is 0 Å². The van der Waals surface area contributed by atoms with Crippen LogP contribution in [0.2, 0.25) is 10.0 Å². The number of hydrogen-bond donors (Lipinski definition) is 0. The predicted octanol–water partition coefficient (Wildman–Crippen LogP) is 6.48. The molecule has 2 rings (SSSR count). The molecule has 0 saturated carbocycles. The fraction of sp³-hybridized carbons (Fsp3) is 0.167. The summed E-state index contributed by atoms with van der Waals surface area (Å²) in [5, 5.41) is 0.649. The zero-order chi connectivity index (χ0) is 13.3. The Kier molecular flexibility index (Phi) is 4.95. The maximum Gasteiger partial charge on any atom is 0.127 e. The fourth-order valence-electron chi connectivity index (χ4n) is 1.52. The molecule has 1 unspecified atom stereocenters. The van der Waals surface area contributed by atoms with E-state index in [2.05, 4.69) is 15.9 Å². The van der Waals surface area contributed by atoms with E-state index >= 15 is 0 Å². The zero-order valence-electron chi connectivity index (χ0n) is 8.89. The van der Waals surface area contributed by atoms with E-state index in [1.165, 1.54) is 17.4 Å². The second kappa shape index (κ2) is 6.10. The maximum absolute atomic E-state index is 13.6. The molecule has 18 heavy (non-hydrogen) atoms. The lowest BCUT2D eigenvalue weighted by molar-refractivity contribution is 0.608. The van der Waals surface area contributed by atoms with Gasteiger partial charge in [0.15, 0.2) is 0 Å². The molecule has 1 aromatic heterocycles. The van der Waals surface area contributed by atoms with Crippen LogP contribution in [0, 0.1) is 5.82 Å². The van der Waals surface area contributed by atoms with Gasteiger partial charge in [-0.15, -0.1) is 22.9 Å². The predicted molar refractivity (Wildman–Crippen MR) is 80.7 cm³/mol. The van der Waals surface area contributed by atoms with Crippen molar-refractivity contribution in [1.82, 2.24) is 0 Å². The Labute approximate surface area is 132 Å². The molecule has 1 atom stereocenters. The third-order valence-electron chi connectivity index (χ3n) is 2.42. The summed E-state index contributed by atoms with van der Waals surface area (Å²) in [5.74, 6) is -0.338. The van der Waals surface area contributed by atoms with Crippen molar-refractivity contribution in [3.05, 3.63) is 54.4 Å². The summed E-state index contributed by atoms with van der Waals surface area (Å²) in [6, 6.07) is 6.38. The molecular weight excluding hydrogens is 381 g/mol. The summed E-state index contributed by atoms with van der Waals surface area (Å²) in [6.45, 7) is 0. The van der Waals surface area contributed by atoms with Gasteiger partial charge in [0, 0.05) is 15.5 Å². The largest absolute Gasteiger partial charge is 0.207 e. The molecule has 0 bridgehead atoms. The smallest absolute Gasteiger partial charge is 0.127 e. The highest BCUT2D eigenvalue weighted by atomic mass is 79.9. The molecule has 96 valence electrons. The number of hydrogen-bond acceptors (Lipinski definition) is 1. The molecule has 0 saturated heterocycles. The van der Waals surface area contributed by atoms with Crippen molar-refractivity contribution in [3.8, 4) is 0 Å². The molecular formula is C12H7BrCl3FS. The van der Waals surface area contributed by atoms with Crippen LogP contribution < -0.4 is 0 Å². The van der Waals surface area contributed by atoms with Crippen LogP contribution in [0.25, 0.3) is 0 Å². The van der Waals surface area contributed by atoms with Gasteiger partial charge in [-0.25, -0.2) is 4.39 Å². The SMILES string of the molecule is Fc1cccc(Cl)c1CC(Cl)c1cc(Cl)c(Br)s1. The summed E-state index contributed by atoms with van der Waals surface area (Å²) < 4.78 is 14.5. The van der Waals surface area contributed by atoms with Crippen molar-refractivity contribution >= 4 is 62.1 Å². The van der Waals surface area contributed by atoms with Crippen molar-refractivity contribution < 1.29 is 4.39 Å². The first-order chi connectivity index (χ1) is 8.49. The lowest BCUT2D eigenvalue weighted by Gasteiger charge is -2.09. The van der Waals surface area contributed by atoms with Gasteiger partial charge in [0.2, 0.25) is 0 Å². The third kappa shape index (κ3) is 3.20. The van der Waals surface area contributed by atoms with Crippen LogP contribution >= 0.6 is 62.1 Å². The summed E-state index contributed by atoms with van der Waals surface area (Å²) >= 11 is 23.0. The van der Waals surface area contributed by atoms with Crippen LogP contribution in [0.5, 0.6) is 0 Å². The summed E-state index contributed by atoms with van der Waals surface area (Å²) in [5.41, 5.74) is 0.430. The van der Waals surface area contributed by atoms with Gasteiger partial charge < -0.3 is 0 Å². The number of benzene rings is 1. The first kappa shape index (κ1) is 14.6. The molecule has 0 nitrogen and oxygen atoms in total. The van der Waals surface area contributed by atoms with Gasteiger partial charge in [0.05, 0.1) is 14.2 Å². The Bertz CT molecular complexity index is 531. The standard InChI is InChI=1S/C12H7BrCl3FS/c13-12-9(16)5-11(18-12)8(15)4-6-7(14)2-1-3-10(6)17/h1-3,5,8H,4H2. The second-order valence-electron chi connectivity index (χ2n) is 3.64. The molecule has 0 N–H and O–H groups in total. The highest BCUT2D eigenvalue weighted by molar-refractivity contribution is 9.11. The Morgan fingerprint density at radius 2 is 2.00 bits per heavy atom. The van der Waals surface area contributed by atoms with Crippen LogP contribution in [0.4, 0.5) is 4.39 Å². The van der Waals surface area contributed by atoms with Crippen molar-refractivity contribution in [2.75, 3.05) is 0 Å². The fourth-order valence-corrected chi connectivity index (χ4v) is 3.84. The minimum absolute atomic E-state index is 0.330. The Balaban J connectivity index is 2.23. The average molecular weight is 389 g/mol. The van der Waals surface area contributed by atoms with Gasteiger partial charge in [-0.2, -0.15) is 0 Å². The lowest BCUT2D eigenvalue weighted by Crippen LogP contribution is -1.97. The van der Waals surface area contributed by atoms with Gasteiger partial charge in [0.1, 0.15) is 5.82 Å². The number of alkyl halides is 1. The maximum atomic E-state index is 13.6. The van der Waals surface area contributed by atoms with Gasteiger partial charge in [-0.1, -0.05) is 29.3 Å². The van der Waals surface area contributed by atoms with Crippen molar-refractivity contribution in [1.29, 1.82) is 0 Å². The van der Waals surface area contributed by atoms with E-state index in [1.54, 1.807) is 18.2 Å². The van der Waals surface area contributed by atoms with Crippen LogP contribution in [0.15, 0.2) is 28.1 Å². The summed E-state index contributed by atoms with van der Waals surface area (Å²) in [6.07, 6.45) is 0.330. The molecule has 2 aromatic rings. The molecule has 0 radical (unpaired) electrons. The highest BCUT2D eigenvalue weighted by Crippen LogP contribution is 2.39.